The number of rotatable bonds is 5. The van der Waals surface area contributed by atoms with Crippen LogP contribution in [0.1, 0.15) is 10.4 Å². The molecule has 2 rings (SSSR count). The molecule has 2 aromatic rings. The number of esters is 1. The van der Waals surface area contributed by atoms with Crippen molar-refractivity contribution in [1.29, 1.82) is 0 Å². The number of benzene rings is 2. The van der Waals surface area contributed by atoms with Gasteiger partial charge >= 0.3 is 5.97 Å². The van der Waals surface area contributed by atoms with Gasteiger partial charge in [-0.1, -0.05) is 46.3 Å². The monoisotopic (exact) mass is 393 g/mol. The summed E-state index contributed by atoms with van der Waals surface area (Å²) in [5.41, 5.74) is 2.18. The zero-order chi connectivity index (χ0) is 16.8. The van der Waals surface area contributed by atoms with Gasteiger partial charge in [0.15, 0.2) is 0 Å². The summed E-state index contributed by atoms with van der Waals surface area (Å²) in [7, 11) is 1.28. The van der Waals surface area contributed by atoms with Crippen LogP contribution in [-0.2, 0) is 9.53 Å². The Morgan fingerprint density at radius 3 is 2.52 bits per heavy atom. The smallest absolute Gasteiger partial charge is 0.329 e. The number of amides is 1. The molecule has 0 heterocycles. The van der Waals surface area contributed by atoms with Crippen molar-refractivity contribution >= 4 is 40.4 Å². The van der Waals surface area contributed by atoms with Crippen molar-refractivity contribution in [3.63, 3.8) is 0 Å². The Morgan fingerprint density at radius 2 is 1.91 bits per heavy atom. The predicted molar refractivity (Wildman–Crippen MR) is 96.7 cm³/mol. The standard InChI is InChI=1S/C17H16BrNO3S/c1-22-17(21)15(10-23)19-16(20)13-8-7-12(18)9-14(13)11-5-3-2-4-6-11/h2-9,15,23H,10H2,1H3,(H,19,20)/t15-/m0/s1. The molecule has 0 saturated carbocycles. The first-order valence-electron chi connectivity index (χ1n) is 6.91. The molecule has 0 aliphatic rings. The third kappa shape index (κ3) is 4.36. The lowest BCUT2D eigenvalue weighted by Crippen LogP contribution is -2.43. The van der Waals surface area contributed by atoms with Gasteiger partial charge in [0.25, 0.3) is 5.91 Å². The summed E-state index contributed by atoms with van der Waals surface area (Å²) in [6.07, 6.45) is 0. The highest BCUT2D eigenvalue weighted by Gasteiger charge is 2.22. The summed E-state index contributed by atoms with van der Waals surface area (Å²) in [6, 6.07) is 14.2. The van der Waals surface area contributed by atoms with Crippen LogP contribution in [0.25, 0.3) is 11.1 Å². The van der Waals surface area contributed by atoms with E-state index in [-0.39, 0.29) is 11.7 Å². The maximum Gasteiger partial charge on any atom is 0.329 e. The molecule has 1 N–H and O–H groups in total. The Labute approximate surface area is 148 Å². The fraction of sp³-hybridized carbons (Fsp3) is 0.176. The average Bonchev–Trinajstić information content (AvgIpc) is 2.59. The topological polar surface area (TPSA) is 55.4 Å². The molecular weight excluding hydrogens is 378 g/mol. The van der Waals surface area contributed by atoms with Crippen LogP contribution in [0.5, 0.6) is 0 Å². The van der Waals surface area contributed by atoms with Crippen molar-refractivity contribution in [2.24, 2.45) is 0 Å². The first kappa shape index (κ1) is 17.6. The SMILES string of the molecule is COC(=O)[C@H](CS)NC(=O)c1ccc(Br)cc1-c1ccccc1. The van der Waals surface area contributed by atoms with E-state index < -0.39 is 12.0 Å². The number of carbonyl (C=O) groups is 2. The van der Waals surface area contributed by atoms with E-state index in [9.17, 15) is 9.59 Å². The Morgan fingerprint density at radius 1 is 1.22 bits per heavy atom. The Hall–Kier alpha value is -1.79. The number of ether oxygens (including phenoxy) is 1. The van der Waals surface area contributed by atoms with Crippen LogP contribution in [0, 0.1) is 0 Å². The van der Waals surface area contributed by atoms with Gasteiger partial charge in [-0.3, -0.25) is 4.79 Å². The highest BCUT2D eigenvalue weighted by Crippen LogP contribution is 2.27. The molecule has 0 unspecified atom stereocenters. The summed E-state index contributed by atoms with van der Waals surface area (Å²) >= 11 is 7.51. The first-order chi connectivity index (χ1) is 11.1. The van der Waals surface area contributed by atoms with Gasteiger partial charge in [-0.15, -0.1) is 0 Å². The minimum absolute atomic E-state index is 0.162. The Bertz CT molecular complexity index is 706. The van der Waals surface area contributed by atoms with Crippen LogP contribution >= 0.6 is 28.6 Å². The molecule has 23 heavy (non-hydrogen) atoms. The summed E-state index contributed by atoms with van der Waals surface area (Å²) in [6.45, 7) is 0. The summed E-state index contributed by atoms with van der Waals surface area (Å²) in [5.74, 6) is -0.706. The average molecular weight is 394 g/mol. The van der Waals surface area contributed by atoms with Gasteiger partial charge in [-0.25, -0.2) is 4.79 Å². The number of thiol groups is 1. The van der Waals surface area contributed by atoms with Crippen molar-refractivity contribution in [3.05, 3.63) is 58.6 Å². The zero-order valence-corrected chi connectivity index (χ0v) is 14.9. The molecular formula is C17H16BrNO3S. The fourth-order valence-corrected chi connectivity index (χ4v) is 2.73. The second kappa shape index (κ2) is 8.17. The van der Waals surface area contributed by atoms with Crippen molar-refractivity contribution in [1.82, 2.24) is 5.32 Å². The van der Waals surface area contributed by atoms with Crippen molar-refractivity contribution in [3.8, 4) is 11.1 Å². The highest BCUT2D eigenvalue weighted by molar-refractivity contribution is 9.10. The number of methoxy groups -OCH3 is 1. The normalized spacial score (nSPS) is 11.6. The van der Waals surface area contributed by atoms with Crippen LogP contribution < -0.4 is 5.32 Å². The van der Waals surface area contributed by atoms with Gasteiger partial charge in [0.1, 0.15) is 6.04 Å². The van der Waals surface area contributed by atoms with E-state index in [4.69, 9.17) is 0 Å². The number of hydrogen-bond donors (Lipinski definition) is 2. The quantitative estimate of drug-likeness (QED) is 0.605. The Balaban J connectivity index is 2.36. The molecule has 0 spiro atoms. The maximum absolute atomic E-state index is 12.6. The number of carbonyl (C=O) groups excluding carboxylic acids is 2. The molecule has 0 radical (unpaired) electrons. The number of halogens is 1. The van der Waals surface area contributed by atoms with Gasteiger partial charge < -0.3 is 10.1 Å². The van der Waals surface area contributed by atoms with E-state index in [0.717, 1.165) is 15.6 Å². The van der Waals surface area contributed by atoms with E-state index in [1.807, 2.05) is 36.4 Å². The molecule has 0 aliphatic heterocycles. The molecule has 0 aromatic heterocycles. The van der Waals surface area contributed by atoms with E-state index in [2.05, 4.69) is 38.6 Å². The van der Waals surface area contributed by atoms with Crippen molar-refractivity contribution in [2.75, 3.05) is 12.9 Å². The summed E-state index contributed by atoms with van der Waals surface area (Å²) in [4.78, 5) is 24.2. The van der Waals surface area contributed by atoms with E-state index in [1.165, 1.54) is 7.11 Å². The van der Waals surface area contributed by atoms with E-state index >= 15 is 0 Å². The zero-order valence-electron chi connectivity index (χ0n) is 12.5. The Kier molecular flexibility index (Phi) is 6.24. The molecule has 0 fully saturated rings. The van der Waals surface area contributed by atoms with Gasteiger partial charge in [0.2, 0.25) is 0 Å². The first-order valence-corrected chi connectivity index (χ1v) is 8.34. The fourth-order valence-electron chi connectivity index (χ4n) is 2.13. The van der Waals surface area contributed by atoms with Crippen LogP contribution in [0.4, 0.5) is 0 Å². The lowest BCUT2D eigenvalue weighted by molar-refractivity contribution is -0.142. The molecule has 1 amide bonds. The molecule has 1 atom stereocenters. The van der Waals surface area contributed by atoms with Crippen LogP contribution in [0.2, 0.25) is 0 Å². The third-order valence-corrected chi connectivity index (χ3v) is 4.14. The minimum Gasteiger partial charge on any atom is -0.467 e. The lowest BCUT2D eigenvalue weighted by atomic mass is 9.99. The molecule has 0 saturated heterocycles. The molecule has 0 aliphatic carbocycles. The van der Waals surface area contributed by atoms with Crippen LogP contribution in [0.15, 0.2) is 53.0 Å². The summed E-state index contributed by atoms with van der Waals surface area (Å²) in [5, 5.41) is 2.66. The highest BCUT2D eigenvalue weighted by atomic mass is 79.9. The van der Waals surface area contributed by atoms with E-state index in [1.54, 1.807) is 12.1 Å². The van der Waals surface area contributed by atoms with Gasteiger partial charge in [-0.2, -0.15) is 12.6 Å². The second-order valence-electron chi connectivity index (χ2n) is 4.79. The molecule has 6 heteroatoms. The van der Waals surface area contributed by atoms with Gasteiger partial charge in [-0.05, 0) is 29.3 Å². The predicted octanol–water partition coefficient (Wildman–Crippen LogP) is 3.32. The molecule has 0 bridgehead atoms. The largest absolute Gasteiger partial charge is 0.467 e. The van der Waals surface area contributed by atoms with E-state index in [0.29, 0.717) is 5.56 Å². The number of hydrogen-bond acceptors (Lipinski definition) is 4. The maximum atomic E-state index is 12.6. The minimum atomic E-state index is -0.789. The summed E-state index contributed by atoms with van der Waals surface area (Å²) < 4.78 is 5.53. The second-order valence-corrected chi connectivity index (χ2v) is 6.07. The van der Waals surface area contributed by atoms with Gasteiger partial charge in [0, 0.05) is 15.8 Å². The van der Waals surface area contributed by atoms with Crippen LogP contribution in [-0.4, -0.2) is 30.8 Å². The lowest BCUT2D eigenvalue weighted by Gasteiger charge is -2.16. The molecule has 120 valence electrons. The van der Waals surface area contributed by atoms with Crippen molar-refractivity contribution in [2.45, 2.75) is 6.04 Å². The molecule has 4 nitrogen and oxygen atoms in total. The van der Waals surface area contributed by atoms with Crippen LogP contribution in [0.3, 0.4) is 0 Å². The van der Waals surface area contributed by atoms with Crippen molar-refractivity contribution < 1.29 is 14.3 Å². The molecule has 2 aromatic carbocycles. The van der Waals surface area contributed by atoms with Gasteiger partial charge in [0.05, 0.1) is 7.11 Å². The number of nitrogens with one attached hydrogen (secondary N) is 1. The third-order valence-electron chi connectivity index (χ3n) is 3.28.